The number of benzene rings is 1. The molecule has 1 aliphatic carbocycles. The fourth-order valence-electron chi connectivity index (χ4n) is 4.62. The van der Waals surface area contributed by atoms with Crippen LogP contribution in [0.15, 0.2) is 48.9 Å². The molecule has 1 saturated carbocycles. The van der Waals surface area contributed by atoms with Gasteiger partial charge in [-0.15, -0.1) is 0 Å². The number of para-hydroxylation sites is 1. The van der Waals surface area contributed by atoms with E-state index < -0.39 is 0 Å². The first-order valence-electron chi connectivity index (χ1n) is 12.3. The molecule has 5 rings (SSSR count). The van der Waals surface area contributed by atoms with Gasteiger partial charge in [0.05, 0.1) is 24.7 Å². The van der Waals surface area contributed by atoms with Crippen molar-refractivity contribution in [1.29, 1.82) is 0 Å². The van der Waals surface area contributed by atoms with E-state index in [4.69, 9.17) is 15.7 Å². The van der Waals surface area contributed by atoms with Crippen LogP contribution in [0.25, 0.3) is 22.4 Å². The van der Waals surface area contributed by atoms with E-state index in [0.29, 0.717) is 30.0 Å². The van der Waals surface area contributed by atoms with E-state index in [2.05, 4.69) is 25.2 Å². The summed E-state index contributed by atoms with van der Waals surface area (Å²) in [6.07, 6.45) is 9.23. The van der Waals surface area contributed by atoms with Crippen molar-refractivity contribution in [2.75, 3.05) is 23.0 Å². The van der Waals surface area contributed by atoms with E-state index in [1.165, 1.54) is 12.8 Å². The smallest absolute Gasteiger partial charge is 0.227 e. The summed E-state index contributed by atoms with van der Waals surface area (Å²) in [6, 6.07) is 12.0. The zero-order valence-electron chi connectivity index (χ0n) is 20.0. The molecule has 0 bridgehead atoms. The average Bonchev–Trinajstić information content (AvgIpc) is 3.56. The number of nitrogens with two attached hydrogens (primary N) is 1. The number of hydrogen-bond donors (Lipinski definition) is 4. The number of aliphatic hydroxyl groups excluding tert-OH is 1. The molecule has 35 heavy (non-hydrogen) atoms. The Morgan fingerprint density at radius 3 is 2.66 bits per heavy atom. The molecule has 9 heteroatoms. The number of nitrogen functional groups attached to an aromatic ring is 1. The number of aliphatic hydroxyl groups is 1. The van der Waals surface area contributed by atoms with Gasteiger partial charge in [0.1, 0.15) is 0 Å². The normalized spacial score (nSPS) is 14.9. The molecular formula is C26H32N8O. The third-order valence-electron chi connectivity index (χ3n) is 6.71. The Morgan fingerprint density at radius 1 is 1.11 bits per heavy atom. The summed E-state index contributed by atoms with van der Waals surface area (Å²) in [5.41, 5.74) is 11.2. The minimum Gasteiger partial charge on any atom is -0.398 e. The van der Waals surface area contributed by atoms with Gasteiger partial charge in [-0.25, -0.2) is 4.98 Å². The summed E-state index contributed by atoms with van der Waals surface area (Å²) in [5.74, 6) is 1.16. The Labute approximate surface area is 204 Å². The summed E-state index contributed by atoms with van der Waals surface area (Å²) >= 11 is 0. The standard InChI is InChI=1S/C26H32N8O/c1-2-18(15-35)31-26-32-24(23-25(33-26)34(16-30-23)19-7-3-4-8-19)29-14-17-11-12-22(28-13-17)20-9-5-6-10-21(20)27/h5-6,9-13,16,18-19,35H,2-4,7-8,14-15,27H2,1H3,(H2,29,31,32,33). The van der Waals surface area contributed by atoms with Crippen molar-refractivity contribution >= 4 is 28.6 Å². The largest absolute Gasteiger partial charge is 0.398 e. The maximum Gasteiger partial charge on any atom is 0.227 e. The third kappa shape index (κ3) is 4.90. The molecule has 5 N–H and O–H groups in total. The molecule has 3 heterocycles. The third-order valence-corrected chi connectivity index (χ3v) is 6.71. The zero-order valence-corrected chi connectivity index (χ0v) is 20.0. The van der Waals surface area contributed by atoms with Crippen LogP contribution in [0.1, 0.15) is 50.6 Å². The van der Waals surface area contributed by atoms with Crippen molar-refractivity contribution in [1.82, 2.24) is 24.5 Å². The van der Waals surface area contributed by atoms with Crippen LogP contribution in [0.4, 0.5) is 17.5 Å². The second-order valence-corrected chi connectivity index (χ2v) is 9.08. The fourth-order valence-corrected chi connectivity index (χ4v) is 4.62. The van der Waals surface area contributed by atoms with Gasteiger partial charge in [-0.1, -0.05) is 44.0 Å². The SMILES string of the molecule is CCC(CO)Nc1nc(NCc2ccc(-c3ccccc3N)nc2)c2ncn(C3CCCC3)c2n1. The zero-order chi connectivity index (χ0) is 24.2. The molecule has 1 aromatic carbocycles. The van der Waals surface area contributed by atoms with E-state index in [9.17, 15) is 5.11 Å². The van der Waals surface area contributed by atoms with E-state index in [-0.39, 0.29) is 12.6 Å². The molecule has 182 valence electrons. The molecule has 1 unspecified atom stereocenters. The highest BCUT2D eigenvalue weighted by atomic mass is 16.3. The van der Waals surface area contributed by atoms with Crippen molar-refractivity contribution in [3.8, 4) is 11.3 Å². The van der Waals surface area contributed by atoms with Gasteiger partial charge in [0.2, 0.25) is 5.95 Å². The predicted molar refractivity (Wildman–Crippen MR) is 139 cm³/mol. The van der Waals surface area contributed by atoms with Gasteiger partial charge in [0.15, 0.2) is 17.0 Å². The Balaban J connectivity index is 1.41. The van der Waals surface area contributed by atoms with Gasteiger partial charge in [-0.3, -0.25) is 4.98 Å². The molecule has 1 fully saturated rings. The molecule has 0 aliphatic heterocycles. The van der Waals surface area contributed by atoms with Crippen LogP contribution in [0.3, 0.4) is 0 Å². The summed E-state index contributed by atoms with van der Waals surface area (Å²) in [6.45, 7) is 2.58. The number of hydrogen-bond acceptors (Lipinski definition) is 8. The van der Waals surface area contributed by atoms with Gasteiger partial charge >= 0.3 is 0 Å². The van der Waals surface area contributed by atoms with Crippen LogP contribution in [0.5, 0.6) is 0 Å². The summed E-state index contributed by atoms with van der Waals surface area (Å²) in [4.78, 5) is 18.8. The quantitative estimate of drug-likeness (QED) is 0.264. The van der Waals surface area contributed by atoms with Crippen LogP contribution < -0.4 is 16.4 Å². The average molecular weight is 473 g/mol. The molecule has 4 aromatic rings. The Kier molecular flexibility index (Phi) is 6.76. The number of anilines is 3. The van der Waals surface area contributed by atoms with Gasteiger partial charge in [0.25, 0.3) is 0 Å². The second-order valence-electron chi connectivity index (χ2n) is 9.08. The van der Waals surface area contributed by atoms with Crippen molar-refractivity contribution in [2.24, 2.45) is 0 Å². The first kappa shape index (κ1) is 23.0. The minimum absolute atomic E-state index is 0.0203. The minimum atomic E-state index is -0.106. The lowest BCUT2D eigenvalue weighted by molar-refractivity contribution is 0.271. The van der Waals surface area contributed by atoms with Crippen LogP contribution in [-0.4, -0.2) is 42.3 Å². The number of aromatic nitrogens is 5. The molecule has 1 atom stereocenters. The van der Waals surface area contributed by atoms with E-state index >= 15 is 0 Å². The highest BCUT2D eigenvalue weighted by Crippen LogP contribution is 2.33. The molecule has 1 aliphatic rings. The molecule has 0 saturated heterocycles. The topological polar surface area (TPSA) is 127 Å². The van der Waals surface area contributed by atoms with E-state index in [0.717, 1.165) is 47.2 Å². The number of nitrogens with zero attached hydrogens (tertiary/aromatic N) is 5. The Morgan fingerprint density at radius 2 is 1.94 bits per heavy atom. The lowest BCUT2D eigenvalue weighted by Gasteiger charge is -2.17. The van der Waals surface area contributed by atoms with Crippen LogP contribution in [0, 0.1) is 0 Å². The summed E-state index contributed by atoms with van der Waals surface area (Å²) in [7, 11) is 0. The lowest BCUT2D eigenvalue weighted by Crippen LogP contribution is -2.24. The second kappa shape index (κ2) is 10.3. The highest BCUT2D eigenvalue weighted by molar-refractivity contribution is 5.84. The molecule has 0 amide bonds. The van der Waals surface area contributed by atoms with Crippen LogP contribution in [0.2, 0.25) is 0 Å². The van der Waals surface area contributed by atoms with Crippen molar-refractivity contribution < 1.29 is 5.11 Å². The van der Waals surface area contributed by atoms with Gasteiger partial charge < -0.3 is 26.0 Å². The fraction of sp³-hybridized carbons (Fsp3) is 0.385. The maximum absolute atomic E-state index is 9.67. The molecule has 0 radical (unpaired) electrons. The Hall–Kier alpha value is -3.72. The maximum atomic E-state index is 9.67. The first-order valence-corrected chi connectivity index (χ1v) is 12.3. The van der Waals surface area contributed by atoms with Gasteiger partial charge in [-0.2, -0.15) is 9.97 Å². The van der Waals surface area contributed by atoms with Crippen molar-refractivity contribution in [3.05, 3.63) is 54.5 Å². The molecular weight excluding hydrogens is 440 g/mol. The van der Waals surface area contributed by atoms with Crippen LogP contribution >= 0.6 is 0 Å². The predicted octanol–water partition coefficient (Wildman–Crippen LogP) is 4.38. The van der Waals surface area contributed by atoms with E-state index in [1.807, 2.05) is 55.8 Å². The Bertz CT molecular complexity index is 1280. The number of nitrogens with one attached hydrogen (secondary N) is 2. The molecule has 3 aromatic heterocycles. The monoisotopic (exact) mass is 472 g/mol. The first-order chi connectivity index (χ1) is 17.2. The van der Waals surface area contributed by atoms with Crippen LogP contribution in [-0.2, 0) is 6.54 Å². The summed E-state index contributed by atoms with van der Waals surface area (Å²) < 4.78 is 2.18. The number of rotatable bonds is 9. The molecule has 0 spiro atoms. The highest BCUT2D eigenvalue weighted by Gasteiger charge is 2.22. The van der Waals surface area contributed by atoms with Crippen molar-refractivity contribution in [3.63, 3.8) is 0 Å². The van der Waals surface area contributed by atoms with E-state index in [1.54, 1.807) is 0 Å². The number of pyridine rings is 1. The molecule has 9 nitrogen and oxygen atoms in total. The van der Waals surface area contributed by atoms with Gasteiger partial charge in [0, 0.05) is 30.0 Å². The number of imidazole rings is 1. The summed E-state index contributed by atoms with van der Waals surface area (Å²) in [5, 5.41) is 16.4. The van der Waals surface area contributed by atoms with Crippen molar-refractivity contribution in [2.45, 2.75) is 57.7 Å². The number of fused-ring (bicyclic) bond motifs is 1. The van der Waals surface area contributed by atoms with Gasteiger partial charge in [-0.05, 0) is 37.0 Å². The lowest BCUT2D eigenvalue weighted by atomic mass is 10.1.